The van der Waals surface area contributed by atoms with E-state index in [0.717, 1.165) is 15.0 Å². The van der Waals surface area contributed by atoms with E-state index in [1.54, 1.807) is 6.07 Å². The summed E-state index contributed by atoms with van der Waals surface area (Å²) in [6.07, 6.45) is 0.509. The Morgan fingerprint density at radius 3 is 3.00 bits per heavy atom. The van der Waals surface area contributed by atoms with Crippen molar-refractivity contribution in [1.82, 2.24) is 0 Å². The number of rotatable bonds is 2. The average Bonchev–Trinajstić information content (AvgIpc) is 2.71. The minimum Gasteiger partial charge on any atom is -0.293 e. The number of ketones is 1. The van der Waals surface area contributed by atoms with Crippen molar-refractivity contribution in [2.45, 2.75) is 13.3 Å². The number of nitrogens with zero attached hydrogens (tertiary/aromatic N) is 1. The van der Waals surface area contributed by atoms with Gasteiger partial charge in [0.05, 0.1) is 16.5 Å². The summed E-state index contributed by atoms with van der Waals surface area (Å²) in [7, 11) is 0. The van der Waals surface area contributed by atoms with Crippen LogP contribution in [-0.4, -0.2) is 5.78 Å². The highest BCUT2D eigenvalue weighted by molar-refractivity contribution is 7.20. The van der Waals surface area contributed by atoms with Gasteiger partial charge in [-0.1, -0.05) is 13.0 Å². The van der Waals surface area contributed by atoms with E-state index in [1.807, 2.05) is 25.1 Å². The lowest BCUT2D eigenvalue weighted by Crippen LogP contribution is -1.90. The molecule has 2 aromatic rings. The Balaban J connectivity index is 2.66. The number of Topliss-reactive ketones (excluding diaryl/α,β-unsaturated/α-hetero) is 1. The van der Waals surface area contributed by atoms with Crippen LogP contribution in [0, 0.1) is 11.3 Å². The zero-order valence-electron chi connectivity index (χ0n) is 8.28. The summed E-state index contributed by atoms with van der Waals surface area (Å²) in [6, 6.07) is 9.52. The third-order valence-corrected chi connectivity index (χ3v) is 3.42. The lowest BCUT2D eigenvalue weighted by molar-refractivity contribution is 0.0992. The molecule has 15 heavy (non-hydrogen) atoms. The summed E-state index contributed by atoms with van der Waals surface area (Å²) in [5, 5.41) is 9.80. The number of hydrogen-bond acceptors (Lipinski definition) is 3. The summed E-state index contributed by atoms with van der Waals surface area (Å²) >= 11 is 1.46. The predicted octanol–water partition coefficient (Wildman–Crippen LogP) is 3.37. The molecule has 0 saturated heterocycles. The number of nitriles is 1. The first-order valence-corrected chi connectivity index (χ1v) is 5.53. The van der Waals surface area contributed by atoms with Gasteiger partial charge in [0.15, 0.2) is 5.78 Å². The van der Waals surface area contributed by atoms with Crippen molar-refractivity contribution in [2.75, 3.05) is 0 Å². The van der Waals surface area contributed by atoms with Crippen LogP contribution in [0.4, 0.5) is 0 Å². The Morgan fingerprint density at radius 1 is 1.53 bits per heavy atom. The first-order chi connectivity index (χ1) is 7.26. The fourth-order valence-corrected chi connectivity index (χ4v) is 2.57. The molecule has 0 atom stereocenters. The van der Waals surface area contributed by atoms with Crippen LogP contribution in [0.2, 0.25) is 0 Å². The topological polar surface area (TPSA) is 40.9 Å². The molecule has 1 aromatic carbocycles. The molecule has 0 N–H and O–H groups in total. The van der Waals surface area contributed by atoms with Crippen molar-refractivity contribution in [2.24, 2.45) is 0 Å². The normalized spacial score (nSPS) is 10.1. The number of carbonyl (C=O) groups is 1. The number of carbonyl (C=O) groups excluding carboxylic acids is 1. The molecule has 0 bridgehead atoms. The molecule has 0 aliphatic carbocycles. The lowest BCUT2D eigenvalue weighted by atomic mass is 10.1. The van der Waals surface area contributed by atoms with Gasteiger partial charge < -0.3 is 0 Å². The summed E-state index contributed by atoms with van der Waals surface area (Å²) in [6.45, 7) is 1.85. The van der Waals surface area contributed by atoms with E-state index in [2.05, 4.69) is 6.07 Å². The second kappa shape index (κ2) is 3.84. The Hall–Kier alpha value is -1.66. The van der Waals surface area contributed by atoms with E-state index in [4.69, 9.17) is 5.26 Å². The average molecular weight is 215 g/mol. The summed E-state index contributed by atoms with van der Waals surface area (Å²) in [5.41, 5.74) is 0.638. The minimum atomic E-state index is 0.139. The van der Waals surface area contributed by atoms with E-state index < -0.39 is 0 Å². The Bertz CT molecular complexity index is 562. The smallest absolute Gasteiger partial charge is 0.172 e. The molecule has 2 nitrogen and oxygen atoms in total. The van der Waals surface area contributed by atoms with Gasteiger partial charge in [0.1, 0.15) is 0 Å². The summed E-state index contributed by atoms with van der Waals surface area (Å²) < 4.78 is 1.01. The van der Waals surface area contributed by atoms with Gasteiger partial charge in [-0.25, -0.2) is 0 Å². The molecular weight excluding hydrogens is 206 g/mol. The second-order valence-electron chi connectivity index (χ2n) is 3.22. The molecule has 0 aliphatic heterocycles. The molecule has 74 valence electrons. The van der Waals surface area contributed by atoms with E-state index in [9.17, 15) is 4.79 Å². The molecule has 2 rings (SSSR count). The largest absolute Gasteiger partial charge is 0.293 e. The molecular formula is C12H9NOS. The van der Waals surface area contributed by atoms with Gasteiger partial charge in [0.2, 0.25) is 0 Å². The first kappa shape index (κ1) is 9.88. The van der Waals surface area contributed by atoms with Gasteiger partial charge in [-0.05, 0) is 18.2 Å². The van der Waals surface area contributed by atoms with Crippen LogP contribution in [0.15, 0.2) is 24.3 Å². The van der Waals surface area contributed by atoms with E-state index in [0.29, 0.717) is 12.0 Å². The molecule has 1 heterocycles. The maximum absolute atomic E-state index is 11.5. The van der Waals surface area contributed by atoms with Gasteiger partial charge in [0.25, 0.3) is 0 Å². The standard InChI is InChI=1S/C12H9NOS/c1-2-10(14)12-6-9-8(7-13)4-3-5-11(9)15-12/h3-6H,2H2,1H3. The van der Waals surface area contributed by atoms with Crippen molar-refractivity contribution in [3.05, 3.63) is 34.7 Å². The Labute approximate surface area is 91.8 Å². The van der Waals surface area contributed by atoms with Crippen LogP contribution in [-0.2, 0) is 0 Å². The zero-order chi connectivity index (χ0) is 10.8. The first-order valence-electron chi connectivity index (χ1n) is 4.72. The Morgan fingerprint density at radius 2 is 2.33 bits per heavy atom. The molecule has 0 amide bonds. The van der Waals surface area contributed by atoms with Crippen LogP contribution in [0.25, 0.3) is 10.1 Å². The summed E-state index contributed by atoms with van der Waals surface area (Å²) in [5.74, 6) is 0.139. The zero-order valence-corrected chi connectivity index (χ0v) is 9.10. The van der Waals surface area contributed by atoms with Gasteiger partial charge in [0, 0.05) is 16.5 Å². The maximum atomic E-state index is 11.5. The Kier molecular flexibility index (Phi) is 2.53. The highest BCUT2D eigenvalue weighted by Gasteiger charge is 2.10. The van der Waals surface area contributed by atoms with Crippen molar-refractivity contribution >= 4 is 27.2 Å². The van der Waals surface area contributed by atoms with Gasteiger partial charge in [-0.3, -0.25) is 4.79 Å². The maximum Gasteiger partial charge on any atom is 0.172 e. The number of fused-ring (bicyclic) bond motifs is 1. The molecule has 0 spiro atoms. The number of benzene rings is 1. The molecule has 0 aliphatic rings. The minimum absolute atomic E-state index is 0.139. The van der Waals surface area contributed by atoms with Crippen molar-refractivity contribution in [3.63, 3.8) is 0 Å². The van der Waals surface area contributed by atoms with Crippen LogP contribution >= 0.6 is 11.3 Å². The third-order valence-electron chi connectivity index (χ3n) is 2.28. The second-order valence-corrected chi connectivity index (χ2v) is 4.30. The molecule has 3 heteroatoms. The van der Waals surface area contributed by atoms with E-state index in [-0.39, 0.29) is 5.78 Å². The highest BCUT2D eigenvalue weighted by atomic mass is 32.1. The molecule has 0 radical (unpaired) electrons. The van der Waals surface area contributed by atoms with Gasteiger partial charge in [-0.15, -0.1) is 11.3 Å². The molecule has 0 fully saturated rings. The lowest BCUT2D eigenvalue weighted by Gasteiger charge is -1.89. The van der Waals surface area contributed by atoms with Crippen molar-refractivity contribution in [1.29, 1.82) is 5.26 Å². The van der Waals surface area contributed by atoms with Gasteiger partial charge >= 0.3 is 0 Å². The van der Waals surface area contributed by atoms with Crippen molar-refractivity contribution < 1.29 is 4.79 Å². The highest BCUT2D eigenvalue weighted by Crippen LogP contribution is 2.28. The van der Waals surface area contributed by atoms with Crippen molar-refractivity contribution in [3.8, 4) is 6.07 Å². The SMILES string of the molecule is CCC(=O)c1cc2c(C#N)cccc2s1. The predicted molar refractivity (Wildman–Crippen MR) is 61.2 cm³/mol. The van der Waals surface area contributed by atoms with Crippen LogP contribution in [0.1, 0.15) is 28.6 Å². The fraction of sp³-hybridized carbons (Fsp3) is 0.167. The summed E-state index contributed by atoms with van der Waals surface area (Å²) in [4.78, 5) is 12.3. The van der Waals surface area contributed by atoms with Crippen LogP contribution in [0.5, 0.6) is 0 Å². The molecule has 0 saturated carbocycles. The number of hydrogen-bond donors (Lipinski definition) is 0. The quantitative estimate of drug-likeness (QED) is 0.721. The van der Waals surface area contributed by atoms with Crippen LogP contribution in [0.3, 0.4) is 0 Å². The molecule has 0 unspecified atom stereocenters. The van der Waals surface area contributed by atoms with Crippen LogP contribution < -0.4 is 0 Å². The molecule has 1 aromatic heterocycles. The third kappa shape index (κ3) is 1.64. The van der Waals surface area contributed by atoms with Gasteiger partial charge in [-0.2, -0.15) is 5.26 Å². The van der Waals surface area contributed by atoms with E-state index >= 15 is 0 Å². The van der Waals surface area contributed by atoms with E-state index in [1.165, 1.54) is 11.3 Å². The fourth-order valence-electron chi connectivity index (χ4n) is 1.47. The number of thiophene rings is 1. The monoisotopic (exact) mass is 215 g/mol.